The van der Waals surface area contributed by atoms with E-state index >= 15 is 0 Å². The number of rotatable bonds is 4. The molecule has 0 spiro atoms. The molecule has 1 aliphatic rings. The van der Waals surface area contributed by atoms with Crippen molar-refractivity contribution in [3.8, 4) is 11.3 Å². The van der Waals surface area contributed by atoms with Gasteiger partial charge in [0.1, 0.15) is 11.5 Å². The highest BCUT2D eigenvalue weighted by molar-refractivity contribution is 6.43. The predicted octanol–water partition coefficient (Wildman–Crippen LogP) is 3.32. The highest BCUT2D eigenvalue weighted by atomic mass is 35.5. The number of nitrogen functional groups attached to an aromatic ring is 1. The Labute approximate surface area is 179 Å². The van der Waals surface area contributed by atoms with Gasteiger partial charge in [-0.25, -0.2) is 9.97 Å². The van der Waals surface area contributed by atoms with Gasteiger partial charge in [0.05, 0.1) is 21.9 Å². The second-order valence-electron chi connectivity index (χ2n) is 7.13. The summed E-state index contributed by atoms with van der Waals surface area (Å²) in [5.74, 6) is 1.05. The first-order chi connectivity index (χ1) is 14.0. The summed E-state index contributed by atoms with van der Waals surface area (Å²) in [6.45, 7) is 2.08. The Hall–Kier alpha value is -2.48. The van der Waals surface area contributed by atoms with Crippen LogP contribution in [0.5, 0.6) is 0 Å². The number of nitrogens with two attached hydrogens (primary N) is 2. The zero-order chi connectivity index (χ0) is 20.4. The number of halogens is 2. The van der Waals surface area contributed by atoms with E-state index in [-0.39, 0.29) is 5.41 Å². The quantitative estimate of drug-likeness (QED) is 0.654. The second kappa shape index (κ2) is 8.10. The number of hydrogen-bond donors (Lipinski definition) is 2. The van der Waals surface area contributed by atoms with Crippen LogP contribution in [-0.2, 0) is 5.41 Å². The van der Waals surface area contributed by atoms with Crippen LogP contribution in [0, 0.1) is 0 Å². The fraction of sp³-hybridized carbons (Fsp3) is 0.300. The van der Waals surface area contributed by atoms with E-state index in [0.29, 0.717) is 33.7 Å². The lowest BCUT2D eigenvalue weighted by Crippen LogP contribution is -2.47. The van der Waals surface area contributed by atoms with Crippen molar-refractivity contribution >= 4 is 34.8 Å². The van der Waals surface area contributed by atoms with Crippen LogP contribution in [0.2, 0.25) is 10.0 Å². The smallest absolute Gasteiger partial charge is 0.152 e. The molecule has 4 N–H and O–H groups in total. The fourth-order valence-electron chi connectivity index (χ4n) is 3.74. The molecule has 3 aromatic rings. The molecule has 3 heterocycles. The van der Waals surface area contributed by atoms with E-state index in [2.05, 4.69) is 24.8 Å². The maximum absolute atomic E-state index is 6.31. The van der Waals surface area contributed by atoms with Crippen LogP contribution in [0.15, 0.2) is 43.0 Å². The van der Waals surface area contributed by atoms with Gasteiger partial charge < -0.3 is 16.4 Å². The van der Waals surface area contributed by atoms with E-state index < -0.39 is 0 Å². The zero-order valence-corrected chi connectivity index (χ0v) is 17.2. The van der Waals surface area contributed by atoms with Gasteiger partial charge in [-0.15, -0.1) is 0 Å². The third-order valence-corrected chi connectivity index (χ3v) is 6.35. The van der Waals surface area contributed by atoms with Crippen LogP contribution < -0.4 is 16.4 Å². The van der Waals surface area contributed by atoms with Crippen LogP contribution in [0.1, 0.15) is 18.5 Å². The summed E-state index contributed by atoms with van der Waals surface area (Å²) >= 11 is 12.4. The lowest BCUT2D eigenvalue weighted by molar-refractivity contribution is 0.329. The van der Waals surface area contributed by atoms with Crippen LogP contribution in [-0.4, -0.2) is 39.6 Å². The first kappa shape index (κ1) is 19.8. The average molecular weight is 430 g/mol. The summed E-state index contributed by atoms with van der Waals surface area (Å²) in [6.07, 6.45) is 8.63. The van der Waals surface area contributed by atoms with Gasteiger partial charge in [-0.1, -0.05) is 35.3 Å². The van der Waals surface area contributed by atoms with Crippen molar-refractivity contribution in [1.82, 2.24) is 19.9 Å². The molecule has 2 aromatic heterocycles. The molecule has 9 heteroatoms. The summed E-state index contributed by atoms with van der Waals surface area (Å²) < 4.78 is 0. The summed E-state index contributed by atoms with van der Waals surface area (Å²) in [4.78, 5) is 19.9. The molecule has 0 bridgehead atoms. The molecular weight excluding hydrogens is 409 g/mol. The maximum Gasteiger partial charge on any atom is 0.152 e. The standard InChI is InChI=1S/C20H21Cl2N7/c21-14-3-1-2-13(17(14)22)18-19(24)28-16(11-27-18)29-8-4-20(12-23,5-9-29)15-10-25-6-7-26-15/h1-3,6-7,10-11H,4-5,8-9,12,23H2,(H2,24,28). The maximum atomic E-state index is 6.31. The second-order valence-corrected chi connectivity index (χ2v) is 7.91. The zero-order valence-electron chi connectivity index (χ0n) is 15.7. The summed E-state index contributed by atoms with van der Waals surface area (Å²) in [6, 6.07) is 5.35. The van der Waals surface area contributed by atoms with Crippen molar-refractivity contribution in [2.45, 2.75) is 18.3 Å². The molecule has 1 saturated heterocycles. The topological polar surface area (TPSA) is 107 Å². The molecule has 0 atom stereocenters. The number of aromatic nitrogens is 4. The summed E-state index contributed by atoms with van der Waals surface area (Å²) in [7, 11) is 0. The molecule has 1 fully saturated rings. The number of benzene rings is 1. The van der Waals surface area contributed by atoms with Gasteiger partial charge in [0.25, 0.3) is 0 Å². The number of nitrogens with zero attached hydrogens (tertiary/aromatic N) is 5. The van der Waals surface area contributed by atoms with E-state index in [9.17, 15) is 0 Å². The average Bonchev–Trinajstić information content (AvgIpc) is 2.76. The van der Waals surface area contributed by atoms with Crippen LogP contribution in [0.3, 0.4) is 0 Å². The normalized spacial score (nSPS) is 16.0. The minimum Gasteiger partial charge on any atom is -0.382 e. The Morgan fingerprint density at radius 1 is 1.07 bits per heavy atom. The monoisotopic (exact) mass is 429 g/mol. The molecular formula is C20H21Cl2N7. The molecule has 0 saturated carbocycles. The van der Waals surface area contributed by atoms with Crippen LogP contribution >= 0.6 is 23.2 Å². The van der Waals surface area contributed by atoms with Crippen molar-refractivity contribution in [2.24, 2.45) is 5.73 Å². The SMILES string of the molecule is NCC1(c2cnccn2)CCN(c2cnc(-c3cccc(Cl)c3Cl)c(N)n2)CC1. The molecule has 7 nitrogen and oxygen atoms in total. The third-order valence-electron chi connectivity index (χ3n) is 5.54. The fourth-order valence-corrected chi connectivity index (χ4v) is 4.13. The largest absolute Gasteiger partial charge is 0.382 e. The van der Waals surface area contributed by atoms with Gasteiger partial charge in [-0.3, -0.25) is 9.97 Å². The molecule has 0 amide bonds. The Balaban J connectivity index is 1.55. The van der Waals surface area contributed by atoms with Crippen molar-refractivity contribution in [3.63, 3.8) is 0 Å². The Kier molecular flexibility index (Phi) is 5.54. The minimum atomic E-state index is -0.169. The number of piperidine rings is 1. The molecule has 1 aliphatic heterocycles. The first-order valence-corrected chi connectivity index (χ1v) is 10.1. The molecule has 0 unspecified atom stereocenters. The lowest BCUT2D eigenvalue weighted by atomic mass is 9.76. The van der Waals surface area contributed by atoms with Crippen molar-refractivity contribution in [2.75, 3.05) is 30.3 Å². The number of anilines is 2. The summed E-state index contributed by atoms with van der Waals surface area (Å²) in [5, 5.41) is 0.866. The Bertz CT molecular complexity index is 1000. The van der Waals surface area contributed by atoms with Crippen LogP contribution in [0.4, 0.5) is 11.6 Å². The van der Waals surface area contributed by atoms with Gasteiger partial charge in [0.2, 0.25) is 0 Å². The molecule has 1 aromatic carbocycles. The van der Waals surface area contributed by atoms with E-state index in [4.69, 9.17) is 34.7 Å². The molecule has 29 heavy (non-hydrogen) atoms. The third kappa shape index (κ3) is 3.73. The lowest BCUT2D eigenvalue weighted by Gasteiger charge is -2.41. The number of hydrogen-bond acceptors (Lipinski definition) is 7. The molecule has 150 valence electrons. The van der Waals surface area contributed by atoms with Gasteiger partial charge >= 0.3 is 0 Å². The van der Waals surface area contributed by atoms with Gasteiger partial charge in [0, 0.05) is 49.2 Å². The van der Waals surface area contributed by atoms with Gasteiger partial charge in [0.15, 0.2) is 5.82 Å². The Morgan fingerprint density at radius 2 is 1.86 bits per heavy atom. The molecule has 0 aliphatic carbocycles. The summed E-state index contributed by atoms with van der Waals surface area (Å²) in [5.41, 5.74) is 14.3. The molecule has 0 radical (unpaired) electrons. The van der Waals surface area contributed by atoms with E-state index in [0.717, 1.165) is 37.4 Å². The van der Waals surface area contributed by atoms with E-state index in [1.165, 1.54) is 0 Å². The van der Waals surface area contributed by atoms with E-state index in [1.807, 2.05) is 18.3 Å². The van der Waals surface area contributed by atoms with Gasteiger partial charge in [-0.2, -0.15) is 0 Å². The highest BCUT2D eigenvalue weighted by Gasteiger charge is 2.37. The Morgan fingerprint density at radius 3 is 2.52 bits per heavy atom. The van der Waals surface area contributed by atoms with Crippen molar-refractivity contribution in [1.29, 1.82) is 0 Å². The van der Waals surface area contributed by atoms with Crippen molar-refractivity contribution < 1.29 is 0 Å². The van der Waals surface area contributed by atoms with E-state index in [1.54, 1.807) is 24.7 Å². The minimum absolute atomic E-state index is 0.169. The molecule has 4 rings (SSSR count). The van der Waals surface area contributed by atoms with Crippen LogP contribution in [0.25, 0.3) is 11.3 Å². The highest BCUT2D eigenvalue weighted by Crippen LogP contribution is 2.37. The van der Waals surface area contributed by atoms with Gasteiger partial charge in [-0.05, 0) is 18.9 Å². The predicted molar refractivity (Wildman–Crippen MR) is 116 cm³/mol. The first-order valence-electron chi connectivity index (χ1n) is 9.32. The van der Waals surface area contributed by atoms with Crippen molar-refractivity contribution in [3.05, 3.63) is 58.7 Å².